The van der Waals surface area contributed by atoms with Crippen molar-refractivity contribution in [1.29, 1.82) is 0 Å². The SMILES string of the molecule is Cc1cc(C(=O)c2ccc(C)c(F)c2F)ccc1F. The van der Waals surface area contributed by atoms with Crippen LogP contribution in [0.3, 0.4) is 0 Å². The normalized spacial score (nSPS) is 10.6. The molecule has 19 heavy (non-hydrogen) atoms. The third-order valence-electron chi connectivity index (χ3n) is 2.94. The molecular weight excluding hydrogens is 253 g/mol. The Morgan fingerprint density at radius 1 is 0.895 bits per heavy atom. The molecule has 0 amide bonds. The fourth-order valence-electron chi connectivity index (χ4n) is 1.76. The predicted molar refractivity (Wildman–Crippen MR) is 65.7 cm³/mol. The Hall–Kier alpha value is -2.10. The van der Waals surface area contributed by atoms with Gasteiger partial charge >= 0.3 is 0 Å². The highest BCUT2D eigenvalue weighted by atomic mass is 19.2. The van der Waals surface area contributed by atoms with Crippen LogP contribution in [0.25, 0.3) is 0 Å². The summed E-state index contributed by atoms with van der Waals surface area (Å²) >= 11 is 0. The summed E-state index contributed by atoms with van der Waals surface area (Å²) in [6, 6.07) is 6.26. The van der Waals surface area contributed by atoms with Gasteiger partial charge in [0.25, 0.3) is 0 Å². The first kappa shape index (κ1) is 13.3. The topological polar surface area (TPSA) is 17.1 Å². The minimum Gasteiger partial charge on any atom is -0.288 e. The zero-order chi connectivity index (χ0) is 14.2. The van der Waals surface area contributed by atoms with E-state index in [2.05, 4.69) is 0 Å². The Labute approximate surface area is 108 Å². The Kier molecular flexibility index (Phi) is 3.42. The summed E-state index contributed by atoms with van der Waals surface area (Å²) in [7, 11) is 0. The van der Waals surface area contributed by atoms with Crippen LogP contribution in [0.5, 0.6) is 0 Å². The second-order valence-corrected chi connectivity index (χ2v) is 4.35. The molecule has 0 N–H and O–H groups in total. The standard InChI is InChI=1S/C15H11F3O/c1-8-3-5-11(14(18)13(8)17)15(19)10-4-6-12(16)9(2)7-10/h3-7H,1-2H3. The first-order valence-electron chi connectivity index (χ1n) is 5.67. The first-order valence-corrected chi connectivity index (χ1v) is 5.67. The van der Waals surface area contributed by atoms with Crippen molar-refractivity contribution >= 4 is 5.78 Å². The van der Waals surface area contributed by atoms with E-state index in [1.165, 1.54) is 38.1 Å². The van der Waals surface area contributed by atoms with Gasteiger partial charge in [-0.15, -0.1) is 0 Å². The smallest absolute Gasteiger partial charge is 0.196 e. The summed E-state index contributed by atoms with van der Waals surface area (Å²) in [5.41, 5.74) is 0.179. The van der Waals surface area contributed by atoms with Gasteiger partial charge in [-0.3, -0.25) is 4.79 Å². The van der Waals surface area contributed by atoms with E-state index >= 15 is 0 Å². The Morgan fingerprint density at radius 3 is 2.21 bits per heavy atom. The van der Waals surface area contributed by atoms with Crippen LogP contribution in [-0.4, -0.2) is 5.78 Å². The van der Waals surface area contributed by atoms with E-state index in [9.17, 15) is 18.0 Å². The number of halogens is 3. The molecular formula is C15H11F3O. The summed E-state index contributed by atoms with van der Waals surface area (Å²) in [6.45, 7) is 2.91. The van der Waals surface area contributed by atoms with Gasteiger partial charge < -0.3 is 0 Å². The van der Waals surface area contributed by atoms with Crippen molar-refractivity contribution < 1.29 is 18.0 Å². The van der Waals surface area contributed by atoms with Crippen LogP contribution >= 0.6 is 0 Å². The largest absolute Gasteiger partial charge is 0.288 e. The molecule has 0 saturated heterocycles. The molecule has 2 rings (SSSR count). The van der Waals surface area contributed by atoms with Gasteiger partial charge in [-0.2, -0.15) is 0 Å². The number of benzene rings is 2. The predicted octanol–water partition coefficient (Wildman–Crippen LogP) is 3.95. The molecule has 0 aliphatic heterocycles. The van der Waals surface area contributed by atoms with E-state index in [0.29, 0.717) is 0 Å². The van der Waals surface area contributed by atoms with Crippen molar-refractivity contribution in [1.82, 2.24) is 0 Å². The molecule has 0 saturated carbocycles. The molecule has 0 heterocycles. The van der Waals surface area contributed by atoms with Gasteiger partial charge in [0.05, 0.1) is 5.56 Å². The number of carbonyl (C=O) groups excluding carboxylic acids is 1. The highest BCUT2D eigenvalue weighted by Crippen LogP contribution is 2.20. The van der Waals surface area contributed by atoms with Crippen LogP contribution in [0.2, 0.25) is 0 Å². The molecule has 0 aliphatic rings. The summed E-state index contributed by atoms with van der Waals surface area (Å²) in [5.74, 6) is -3.33. The Balaban J connectivity index is 2.50. The van der Waals surface area contributed by atoms with Gasteiger partial charge in [-0.05, 0) is 49.2 Å². The van der Waals surface area contributed by atoms with Crippen molar-refractivity contribution in [2.45, 2.75) is 13.8 Å². The van der Waals surface area contributed by atoms with Gasteiger partial charge in [-0.1, -0.05) is 6.07 Å². The third-order valence-corrected chi connectivity index (χ3v) is 2.94. The van der Waals surface area contributed by atoms with Crippen molar-refractivity contribution in [2.24, 2.45) is 0 Å². The molecule has 0 radical (unpaired) electrons. The molecule has 2 aromatic carbocycles. The monoisotopic (exact) mass is 264 g/mol. The van der Waals surface area contributed by atoms with E-state index in [4.69, 9.17) is 0 Å². The summed E-state index contributed by atoms with van der Waals surface area (Å²) < 4.78 is 40.2. The minimum absolute atomic E-state index is 0.126. The summed E-state index contributed by atoms with van der Waals surface area (Å²) in [5, 5.41) is 0. The molecule has 1 nitrogen and oxygen atoms in total. The van der Waals surface area contributed by atoms with Crippen LogP contribution < -0.4 is 0 Å². The fraction of sp³-hybridized carbons (Fsp3) is 0.133. The second-order valence-electron chi connectivity index (χ2n) is 4.35. The van der Waals surface area contributed by atoms with Gasteiger partial charge in [0.1, 0.15) is 5.82 Å². The maximum Gasteiger partial charge on any atom is 0.196 e. The third kappa shape index (κ3) is 2.38. The van der Waals surface area contributed by atoms with E-state index in [0.717, 1.165) is 6.07 Å². The minimum atomic E-state index is -1.17. The van der Waals surface area contributed by atoms with Crippen molar-refractivity contribution in [3.8, 4) is 0 Å². The van der Waals surface area contributed by atoms with E-state index < -0.39 is 23.2 Å². The number of hydrogen-bond donors (Lipinski definition) is 0. The highest BCUT2D eigenvalue weighted by molar-refractivity contribution is 6.09. The molecule has 98 valence electrons. The summed E-state index contributed by atoms with van der Waals surface area (Å²) in [6.07, 6.45) is 0. The van der Waals surface area contributed by atoms with E-state index in [1.54, 1.807) is 0 Å². The molecule has 0 fully saturated rings. The molecule has 0 spiro atoms. The molecule has 2 aromatic rings. The summed E-state index contributed by atoms with van der Waals surface area (Å²) in [4.78, 5) is 12.1. The fourth-order valence-corrected chi connectivity index (χ4v) is 1.76. The van der Waals surface area contributed by atoms with Gasteiger partial charge in [-0.25, -0.2) is 13.2 Å². The van der Waals surface area contributed by atoms with Crippen LogP contribution in [0, 0.1) is 31.3 Å². The second kappa shape index (κ2) is 4.88. The molecule has 0 atom stereocenters. The maximum absolute atomic E-state index is 13.7. The number of hydrogen-bond acceptors (Lipinski definition) is 1. The lowest BCUT2D eigenvalue weighted by Crippen LogP contribution is -2.07. The first-order chi connectivity index (χ1) is 8.91. The zero-order valence-corrected chi connectivity index (χ0v) is 10.4. The molecule has 4 heteroatoms. The van der Waals surface area contributed by atoms with Gasteiger partial charge in [0.2, 0.25) is 0 Å². The zero-order valence-electron chi connectivity index (χ0n) is 10.4. The van der Waals surface area contributed by atoms with Crippen LogP contribution in [0.15, 0.2) is 30.3 Å². The Morgan fingerprint density at radius 2 is 1.58 bits per heavy atom. The van der Waals surface area contributed by atoms with Crippen LogP contribution in [-0.2, 0) is 0 Å². The van der Waals surface area contributed by atoms with Crippen LogP contribution in [0.4, 0.5) is 13.2 Å². The number of rotatable bonds is 2. The van der Waals surface area contributed by atoms with Crippen LogP contribution in [0.1, 0.15) is 27.0 Å². The lowest BCUT2D eigenvalue weighted by atomic mass is 9.99. The van der Waals surface area contributed by atoms with E-state index in [1.807, 2.05) is 0 Å². The molecule has 0 bridgehead atoms. The molecule has 0 unspecified atom stereocenters. The van der Waals surface area contributed by atoms with Crippen molar-refractivity contribution in [3.05, 3.63) is 70.0 Å². The van der Waals surface area contributed by atoms with Crippen molar-refractivity contribution in [3.63, 3.8) is 0 Å². The van der Waals surface area contributed by atoms with Gasteiger partial charge in [0, 0.05) is 5.56 Å². The number of ketones is 1. The number of carbonyl (C=O) groups is 1. The quantitative estimate of drug-likeness (QED) is 0.750. The Bertz CT molecular complexity index is 663. The average Bonchev–Trinajstić information content (AvgIpc) is 2.39. The lowest BCUT2D eigenvalue weighted by molar-refractivity contribution is 0.103. The van der Waals surface area contributed by atoms with Crippen molar-refractivity contribution in [2.75, 3.05) is 0 Å². The van der Waals surface area contributed by atoms with Gasteiger partial charge in [0.15, 0.2) is 17.4 Å². The molecule has 0 aliphatic carbocycles. The number of aryl methyl sites for hydroxylation is 2. The highest BCUT2D eigenvalue weighted by Gasteiger charge is 2.18. The maximum atomic E-state index is 13.7. The molecule has 0 aromatic heterocycles. The van der Waals surface area contributed by atoms with E-state index in [-0.39, 0.29) is 22.3 Å². The average molecular weight is 264 g/mol. The lowest BCUT2D eigenvalue weighted by Gasteiger charge is -2.06.